The maximum absolute atomic E-state index is 12.0. The highest BCUT2D eigenvalue weighted by Gasteiger charge is 2.32. The van der Waals surface area contributed by atoms with E-state index in [4.69, 9.17) is 5.11 Å². The molecule has 0 aromatic heterocycles. The predicted octanol–water partition coefficient (Wildman–Crippen LogP) is 2.13. The zero-order valence-electron chi connectivity index (χ0n) is 11.8. The molecule has 1 aliphatic carbocycles. The number of carbonyl (C=O) groups excluding carboxylic acids is 1. The molecule has 0 radical (unpaired) electrons. The summed E-state index contributed by atoms with van der Waals surface area (Å²) < 4.78 is 0. The first-order valence-electron chi connectivity index (χ1n) is 7.05. The standard InChI is InChI=1S/C16H16N2O3S/c19-14-12-6-1-2-7-13(12)18(16(22)17-14)9-10-4-3-5-11(8-10)15(20)21/h3-8,16,22H,1-2,9H2,(H,17,19)(H,20,21). The second-order valence-electron chi connectivity index (χ2n) is 5.27. The van der Waals surface area contributed by atoms with Crippen molar-refractivity contribution in [2.45, 2.75) is 24.9 Å². The Morgan fingerprint density at radius 1 is 1.36 bits per heavy atom. The van der Waals surface area contributed by atoms with Crippen LogP contribution in [0, 0.1) is 0 Å². The van der Waals surface area contributed by atoms with Crippen LogP contribution < -0.4 is 5.32 Å². The molecule has 1 aromatic carbocycles. The Morgan fingerprint density at radius 2 is 2.14 bits per heavy atom. The number of amides is 1. The van der Waals surface area contributed by atoms with Gasteiger partial charge >= 0.3 is 5.97 Å². The summed E-state index contributed by atoms with van der Waals surface area (Å²) in [6.45, 7) is 0.485. The number of aromatic carboxylic acids is 1. The number of thiol groups is 1. The first-order valence-corrected chi connectivity index (χ1v) is 7.56. The Balaban J connectivity index is 1.89. The highest BCUT2D eigenvalue weighted by molar-refractivity contribution is 7.80. The van der Waals surface area contributed by atoms with Crippen molar-refractivity contribution < 1.29 is 14.7 Å². The van der Waals surface area contributed by atoms with Crippen LogP contribution >= 0.6 is 12.6 Å². The van der Waals surface area contributed by atoms with E-state index >= 15 is 0 Å². The summed E-state index contributed by atoms with van der Waals surface area (Å²) in [6.07, 6.45) is 5.72. The van der Waals surface area contributed by atoms with Gasteiger partial charge in [-0.1, -0.05) is 24.3 Å². The lowest BCUT2D eigenvalue weighted by atomic mass is 9.99. The highest BCUT2D eigenvalue weighted by atomic mass is 32.1. The minimum absolute atomic E-state index is 0.110. The third-order valence-corrected chi connectivity index (χ3v) is 4.17. The summed E-state index contributed by atoms with van der Waals surface area (Å²) >= 11 is 4.44. The Labute approximate surface area is 133 Å². The van der Waals surface area contributed by atoms with Gasteiger partial charge in [-0.3, -0.25) is 4.79 Å². The monoisotopic (exact) mass is 316 g/mol. The van der Waals surface area contributed by atoms with Gasteiger partial charge in [-0.15, -0.1) is 12.6 Å². The minimum atomic E-state index is -0.950. The van der Waals surface area contributed by atoms with Gasteiger partial charge in [0.1, 0.15) is 5.50 Å². The molecule has 1 atom stereocenters. The normalized spacial score (nSPS) is 20.7. The molecule has 1 unspecified atom stereocenters. The Hall–Kier alpha value is -2.21. The maximum Gasteiger partial charge on any atom is 0.335 e. The summed E-state index contributed by atoms with van der Waals surface area (Å²) in [6, 6.07) is 6.80. The number of allylic oxidation sites excluding steroid dienone is 2. The molecule has 1 aliphatic heterocycles. The van der Waals surface area contributed by atoms with E-state index in [1.54, 1.807) is 18.2 Å². The van der Waals surface area contributed by atoms with Crippen molar-refractivity contribution in [1.29, 1.82) is 0 Å². The van der Waals surface area contributed by atoms with Crippen LogP contribution in [0.2, 0.25) is 0 Å². The van der Waals surface area contributed by atoms with Crippen molar-refractivity contribution in [3.63, 3.8) is 0 Å². The number of carboxylic acid groups (broad SMARTS) is 1. The number of carbonyl (C=O) groups is 2. The van der Waals surface area contributed by atoms with Crippen LogP contribution in [-0.4, -0.2) is 27.4 Å². The molecule has 0 bridgehead atoms. The third kappa shape index (κ3) is 2.74. The number of hydrogen-bond donors (Lipinski definition) is 3. The first-order chi connectivity index (χ1) is 10.6. The first kappa shape index (κ1) is 14.7. The molecule has 1 heterocycles. The molecular weight excluding hydrogens is 300 g/mol. The Bertz CT molecular complexity index is 696. The predicted molar refractivity (Wildman–Crippen MR) is 85.3 cm³/mol. The second-order valence-corrected chi connectivity index (χ2v) is 5.75. The van der Waals surface area contributed by atoms with Crippen molar-refractivity contribution >= 4 is 24.5 Å². The summed E-state index contributed by atoms with van der Waals surface area (Å²) in [5.74, 6) is -1.06. The van der Waals surface area contributed by atoms with E-state index in [0.29, 0.717) is 12.1 Å². The van der Waals surface area contributed by atoms with Crippen LogP contribution in [0.3, 0.4) is 0 Å². The largest absolute Gasteiger partial charge is 0.478 e. The lowest BCUT2D eigenvalue weighted by molar-refractivity contribution is -0.119. The molecule has 22 heavy (non-hydrogen) atoms. The van der Waals surface area contributed by atoms with Gasteiger partial charge in [-0.25, -0.2) is 4.79 Å². The molecule has 6 heteroatoms. The smallest absolute Gasteiger partial charge is 0.335 e. The van der Waals surface area contributed by atoms with Gasteiger partial charge in [0.2, 0.25) is 0 Å². The molecule has 0 saturated carbocycles. The molecule has 3 rings (SSSR count). The van der Waals surface area contributed by atoms with E-state index < -0.39 is 11.5 Å². The molecule has 1 fully saturated rings. The molecular formula is C16H16N2O3S. The van der Waals surface area contributed by atoms with Crippen LogP contribution in [0.1, 0.15) is 28.8 Å². The summed E-state index contributed by atoms with van der Waals surface area (Å²) in [4.78, 5) is 25.1. The van der Waals surface area contributed by atoms with Gasteiger partial charge < -0.3 is 15.3 Å². The van der Waals surface area contributed by atoms with Gasteiger partial charge in [0.15, 0.2) is 0 Å². The third-order valence-electron chi connectivity index (χ3n) is 3.77. The number of benzene rings is 1. The fourth-order valence-electron chi connectivity index (χ4n) is 2.72. The lowest BCUT2D eigenvalue weighted by Gasteiger charge is -2.39. The zero-order valence-corrected chi connectivity index (χ0v) is 12.7. The van der Waals surface area contributed by atoms with Crippen LogP contribution in [0.4, 0.5) is 0 Å². The minimum Gasteiger partial charge on any atom is -0.478 e. The van der Waals surface area contributed by atoms with Crippen LogP contribution in [0.5, 0.6) is 0 Å². The highest BCUT2D eigenvalue weighted by Crippen LogP contribution is 2.30. The molecule has 1 aromatic rings. The van der Waals surface area contributed by atoms with E-state index in [0.717, 1.165) is 24.1 Å². The molecule has 0 spiro atoms. The Morgan fingerprint density at radius 3 is 2.91 bits per heavy atom. The fraction of sp³-hybridized carbons (Fsp3) is 0.250. The van der Waals surface area contributed by atoms with E-state index in [1.807, 2.05) is 23.1 Å². The Kier molecular flexibility index (Phi) is 3.94. The zero-order chi connectivity index (χ0) is 15.7. The van der Waals surface area contributed by atoms with E-state index in [1.165, 1.54) is 0 Å². The molecule has 114 valence electrons. The molecule has 5 nitrogen and oxygen atoms in total. The van der Waals surface area contributed by atoms with Crippen LogP contribution in [-0.2, 0) is 11.3 Å². The van der Waals surface area contributed by atoms with Gasteiger partial charge in [0.05, 0.1) is 11.1 Å². The van der Waals surface area contributed by atoms with Gasteiger partial charge in [0.25, 0.3) is 5.91 Å². The lowest BCUT2D eigenvalue weighted by Crippen LogP contribution is -2.50. The summed E-state index contributed by atoms with van der Waals surface area (Å²) in [5, 5.41) is 11.9. The number of fused-ring (bicyclic) bond motifs is 1. The van der Waals surface area contributed by atoms with Crippen molar-refractivity contribution in [3.05, 3.63) is 58.8 Å². The molecule has 1 amide bonds. The number of nitrogens with one attached hydrogen (secondary N) is 1. The molecule has 2 N–H and O–H groups in total. The van der Waals surface area contributed by atoms with Gasteiger partial charge in [0, 0.05) is 12.2 Å². The molecule has 2 aliphatic rings. The van der Waals surface area contributed by atoms with Crippen molar-refractivity contribution in [1.82, 2.24) is 10.2 Å². The summed E-state index contributed by atoms with van der Waals surface area (Å²) in [5.41, 5.74) is 2.23. The average molecular weight is 316 g/mol. The molecule has 1 saturated heterocycles. The SMILES string of the molecule is O=C1NC(S)N(Cc2cccc(C(=O)O)c2)C2=CCCC=C12. The number of hydrogen-bond acceptors (Lipinski definition) is 4. The number of carboxylic acids is 1. The van der Waals surface area contributed by atoms with Crippen molar-refractivity contribution in [2.75, 3.05) is 0 Å². The van der Waals surface area contributed by atoms with E-state index in [-0.39, 0.29) is 11.5 Å². The summed E-state index contributed by atoms with van der Waals surface area (Å²) in [7, 11) is 0. The van der Waals surface area contributed by atoms with Crippen LogP contribution in [0.25, 0.3) is 0 Å². The van der Waals surface area contributed by atoms with Gasteiger partial charge in [-0.2, -0.15) is 0 Å². The van der Waals surface area contributed by atoms with E-state index in [2.05, 4.69) is 17.9 Å². The topological polar surface area (TPSA) is 69.6 Å². The number of nitrogens with zero attached hydrogens (tertiary/aromatic N) is 1. The van der Waals surface area contributed by atoms with Crippen LogP contribution in [0.15, 0.2) is 47.7 Å². The van der Waals surface area contributed by atoms with Gasteiger partial charge in [-0.05, 0) is 30.5 Å². The van der Waals surface area contributed by atoms with Crippen molar-refractivity contribution in [3.8, 4) is 0 Å². The second kappa shape index (κ2) is 5.88. The van der Waals surface area contributed by atoms with E-state index in [9.17, 15) is 9.59 Å². The quantitative estimate of drug-likeness (QED) is 0.747. The average Bonchev–Trinajstić information content (AvgIpc) is 2.52. The maximum atomic E-state index is 12.0. The fourth-order valence-corrected chi connectivity index (χ4v) is 3.04. The van der Waals surface area contributed by atoms with Crippen molar-refractivity contribution in [2.24, 2.45) is 0 Å². The number of rotatable bonds is 3.